The van der Waals surface area contributed by atoms with E-state index in [-0.39, 0.29) is 4.90 Å². The molecule has 2 aromatic rings. The highest BCUT2D eigenvalue weighted by molar-refractivity contribution is 7.89. The Hall–Kier alpha value is -1.73. The molecule has 0 aliphatic carbocycles. The van der Waals surface area contributed by atoms with Gasteiger partial charge in [0.15, 0.2) is 0 Å². The largest absolute Gasteiger partial charge is 0.238 e. The van der Waals surface area contributed by atoms with Crippen LogP contribution in [-0.2, 0) is 10.0 Å². The summed E-state index contributed by atoms with van der Waals surface area (Å²) in [5.74, 6) is 0. The number of hydrogen-bond donors (Lipinski definition) is 2. The van der Waals surface area contributed by atoms with Crippen LogP contribution in [0.3, 0.4) is 0 Å². The molecule has 2 rings (SSSR count). The molecule has 3 N–H and O–H groups in total. The van der Waals surface area contributed by atoms with E-state index in [1.165, 1.54) is 12.1 Å². The molecule has 0 unspecified atom stereocenters. The highest BCUT2D eigenvalue weighted by atomic mass is 32.2. The van der Waals surface area contributed by atoms with Crippen molar-refractivity contribution in [3.8, 4) is 11.3 Å². The van der Waals surface area contributed by atoms with Crippen molar-refractivity contribution in [2.45, 2.75) is 4.90 Å². The first-order valence-electron chi connectivity index (χ1n) is 4.06. The SMILES string of the molecule is NS(=O)(=O)c1ccc(-c2cn[nH]n2)cc1. The Morgan fingerprint density at radius 3 is 2.33 bits per heavy atom. The summed E-state index contributed by atoms with van der Waals surface area (Å²) in [6.07, 6.45) is 1.55. The van der Waals surface area contributed by atoms with Gasteiger partial charge in [0.2, 0.25) is 10.0 Å². The van der Waals surface area contributed by atoms with E-state index in [2.05, 4.69) is 15.4 Å². The number of rotatable bonds is 2. The lowest BCUT2D eigenvalue weighted by atomic mass is 10.2. The predicted octanol–water partition coefficient (Wildman–Crippen LogP) is 0.119. The van der Waals surface area contributed by atoms with E-state index in [4.69, 9.17) is 5.14 Å². The first-order chi connectivity index (χ1) is 7.07. The molecule has 0 spiro atoms. The van der Waals surface area contributed by atoms with E-state index >= 15 is 0 Å². The zero-order valence-corrected chi connectivity index (χ0v) is 8.40. The molecule has 7 heteroatoms. The molecule has 1 aromatic carbocycles. The molecule has 78 valence electrons. The van der Waals surface area contributed by atoms with Crippen molar-refractivity contribution in [2.24, 2.45) is 5.14 Å². The van der Waals surface area contributed by atoms with Crippen molar-refractivity contribution in [1.29, 1.82) is 0 Å². The monoisotopic (exact) mass is 224 g/mol. The standard InChI is InChI=1S/C8H8N4O2S/c9-15(13,14)7-3-1-6(2-4-7)8-5-10-12-11-8/h1-5H,(H2,9,13,14)(H,10,11,12). The number of H-pyrrole nitrogens is 1. The number of primary sulfonamides is 1. The second-order valence-electron chi connectivity index (χ2n) is 2.92. The van der Waals surface area contributed by atoms with E-state index in [0.29, 0.717) is 5.69 Å². The Kier molecular flexibility index (Phi) is 2.25. The fourth-order valence-corrected chi connectivity index (χ4v) is 1.67. The van der Waals surface area contributed by atoms with Crippen LogP contribution in [0.4, 0.5) is 0 Å². The van der Waals surface area contributed by atoms with Crippen LogP contribution in [0.2, 0.25) is 0 Å². The number of aromatic amines is 1. The molecule has 0 saturated carbocycles. The Morgan fingerprint density at radius 1 is 1.20 bits per heavy atom. The van der Waals surface area contributed by atoms with E-state index < -0.39 is 10.0 Å². The molecule has 0 bridgehead atoms. The summed E-state index contributed by atoms with van der Waals surface area (Å²) >= 11 is 0. The minimum absolute atomic E-state index is 0.0785. The molecule has 1 aromatic heterocycles. The molecular formula is C8H8N4O2S. The maximum atomic E-state index is 11.0. The van der Waals surface area contributed by atoms with Gasteiger partial charge in [-0.25, -0.2) is 13.6 Å². The van der Waals surface area contributed by atoms with Gasteiger partial charge in [0.1, 0.15) is 5.69 Å². The van der Waals surface area contributed by atoms with Gasteiger partial charge in [-0.05, 0) is 12.1 Å². The van der Waals surface area contributed by atoms with Crippen molar-refractivity contribution in [2.75, 3.05) is 0 Å². The summed E-state index contributed by atoms with van der Waals surface area (Å²) in [6.45, 7) is 0. The minimum Gasteiger partial charge on any atom is -0.225 e. The van der Waals surface area contributed by atoms with Crippen LogP contribution in [0.15, 0.2) is 35.4 Å². The average Bonchev–Trinajstić information content (AvgIpc) is 2.69. The summed E-state index contributed by atoms with van der Waals surface area (Å²) in [7, 11) is -3.63. The molecule has 1 heterocycles. The molecule has 0 fully saturated rings. The molecule has 0 amide bonds. The maximum Gasteiger partial charge on any atom is 0.238 e. The van der Waals surface area contributed by atoms with Gasteiger partial charge < -0.3 is 0 Å². The summed E-state index contributed by atoms with van der Waals surface area (Å²) in [5.41, 5.74) is 1.42. The van der Waals surface area contributed by atoms with E-state index in [9.17, 15) is 8.42 Å². The van der Waals surface area contributed by atoms with Gasteiger partial charge in [-0.15, -0.1) is 0 Å². The van der Waals surface area contributed by atoms with Gasteiger partial charge in [0.05, 0.1) is 11.1 Å². The normalized spacial score (nSPS) is 11.5. The fourth-order valence-electron chi connectivity index (χ4n) is 1.16. The van der Waals surface area contributed by atoms with Gasteiger partial charge in [0, 0.05) is 5.56 Å². The highest BCUT2D eigenvalue weighted by Crippen LogP contribution is 2.17. The number of nitrogens with zero attached hydrogens (tertiary/aromatic N) is 2. The minimum atomic E-state index is -3.63. The number of hydrogen-bond acceptors (Lipinski definition) is 4. The summed E-state index contributed by atoms with van der Waals surface area (Å²) in [4.78, 5) is 0.0785. The lowest BCUT2D eigenvalue weighted by Crippen LogP contribution is -2.11. The second kappa shape index (κ2) is 3.44. The summed E-state index contributed by atoms with van der Waals surface area (Å²) in [6, 6.07) is 6.11. The van der Waals surface area contributed by atoms with E-state index in [1.807, 2.05) is 0 Å². The topological polar surface area (TPSA) is 102 Å². The third-order valence-corrected chi connectivity index (χ3v) is 2.82. The van der Waals surface area contributed by atoms with Crippen LogP contribution in [-0.4, -0.2) is 23.8 Å². The third kappa shape index (κ3) is 2.03. The van der Waals surface area contributed by atoms with Crippen LogP contribution in [0, 0.1) is 0 Å². The van der Waals surface area contributed by atoms with Gasteiger partial charge >= 0.3 is 0 Å². The van der Waals surface area contributed by atoms with Crippen LogP contribution < -0.4 is 5.14 Å². The molecule has 0 radical (unpaired) electrons. The number of nitrogens with two attached hydrogens (primary N) is 1. The molecule has 0 aliphatic heterocycles. The third-order valence-electron chi connectivity index (χ3n) is 1.89. The van der Waals surface area contributed by atoms with Crippen LogP contribution in [0.1, 0.15) is 0 Å². The molecular weight excluding hydrogens is 216 g/mol. The number of nitrogens with one attached hydrogen (secondary N) is 1. The van der Waals surface area contributed by atoms with Crippen molar-refractivity contribution < 1.29 is 8.42 Å². The van der Waals surface area contributed by atoms with E-state index in [0.717, 1.165) is 5.56 Å². The van der Waals surface area contributed by atoms with Crippen molar-refractivity contribution in [1.82, 2.24) is 15.4 Å². The van der Waals surface area contributed by atoms with Crippen LogP contribution >= 0.6 is 0 Å². The molecule has 0 aliphatic rings. The van der Waals surface area contributed by atoms with Crippen molar-refractivity contribution >= 4 is 10.0 Å². The van der Waals surface area contributed by atoms with Gasteiger partial charge in [0.25, 0.3) is 0 Å². The molecule has 15 heavy (non-hydrogen) atoms. The number of benzene rings is 1. The first-order valence-corrected chi connectivity index (χ1v) is 5.61. The number of sulfonamides is 1. The van der Waals surface area contributed by atoms with Gasteiger partial charge in [-0.3, -0.25) is 0 Å². The smallest absolute Gasteiger partial charge is 0.225 e. The van der Waals surface area contributed by atoms with Gasteiger partial charge in [-0.1, -0.05) is 12.1 Å². The maximum absolute atomic E-state index is 11.0. The zero-order chi connectivity index (χ0) is 10.9. The fraction of sp³-hybridized carbons (Fsp3) is 0. The Morgan fingerprint density at radius 2 is 1.87 bits per heavy atom. The average molecular weight is 224 g/mol. The number of aromatic nitrogens is 3. The van der Waals surface area contributed by atoms with E-state index in [1.54, 1.807) is 18.3 Å². The summed E-state index contributed by atoms with van der Waals surface area (Å²) in [5, 5.41) is 14.9. The predicted molar refractivity (Wildman–Crippen MR) is 53.2 cm³/mol. The Balaban J connectivity index is 2.42. The molecule has 6 nitrogen and oxygen atoms in total. The lowest BCUT2D eigenvalue weighted by molar-refractivity contribution is 0.598. The Bertz CT molecular complexity index is 545. The van der Waals surface area contributed by atoms with Crippen LogP contribution in [0.5, 0.6) is 0 Å². The van der Waals surface area contributed by atoms with Crippen molar-refractivity contribution in [3.63, 3.8) is 0 Å². The Labute approximate surface area is 86.2 Å². The van der Waals surface area contributed by atoms with Gasteiger partial charge in [-0.2, -0.15) is 15.4 Å². The molecule has 0 saturated heterocycles. The highest BCUT2D eigenvalue weighted by Gasteiger charge is 2.07. The summed E-state index contributed by atoms with van der Waals surface area (Å²) < 4.78 is 21.9. The first kappa shape index (κ1) is 9.81. The van der Waals surface area contributed by atoms with Crippen molar-refractivity contribution in [3.05, 3.63) is 30.5 Å². The second-order valence-corrected chi connectivity index (χ2v) is 4.49. The zero-order valence-electron chi connectivity index (χ0n) is 7.58. The quantitative estimate of drug-likeness (QED) is 0.756. The van der Waals surface area contributed by atoms with Crippen LogP contribution in [0.25, 0.3) is 11.3 Å². The lowest BCUT2D eigenvalue weighted by Gasteiger charge is -1.98. The molecule has 0 atom stereocenters.